The Hall–Kier alpha value is -3.27. The molecule has 0 N–H and O–H groups in total. The van der Waals surface area contributed by atoms with Crippen LogP contribution in [0.5, 0.6) is 0 Å². The average Bonchev–Trinajstić information content (AvgIpc) is 3.11. The normalized spacial score (nSPS) is 14.5. The van der Waals surface area contributed by atoms with Crippen LogP contribution in [0.1, 0.15) is 0 Å². The lowest BCUT2D eigenvalue weighted by Gasteiger charge is -2.35. The molecule has 1 fully saturated rings. The first-order valence-electron chi connectivity index (χ1n) is 8.30. The Balaban J connectivity index is 1.46. The summed E-state index contributed by atoms with van der Waals surface area (Å²) < 4.78 is 0.803. The van der Waals surface area contributed by atoms with Crippen molar-refractivity contribution < 1.29 is 9.85 Å². The third-order valence-corrected chi connectivity index (χ3v) is 5.63. The number of fused-ring (bicyclic) bond motifs is 1. The second-order valence-electron chi connectivity index (χ2n) is 6.15. The number of nitro benzene ring substituents is 2. The molecule has 9 nitrogen and oxygen atoms in total. The summed E-state index contributed by atoms with van der Waals surface area (Å²) in [4.78, 5) is 29.8. The smallest absolute Gasteiger partial charge is 0.270 e. The third-order valence-electron chi connectivity index (χ3n) is 4.55. The molecule has 10 heteroatoms. The first kappa shape index (κ1) is 17.2. The number of hydrogen-bond acceptors (Lipinski definition) is 8. The standard InChI is InChI=1S/C17H15N5O4S/c23-21(24)13-3-1-12(2-4-13)19-7-9-20(10-8-19)17-18-15-6-5-14(22(25)26)11-16(15)27-17/h1-6,11H,7-10H2. The summed E-state index contributed by atoms with van der Waals surface area (Å²) in [6.07, 6.45) is 0. The third kappa shape index (κ3) is 3.38. The molecular weight excluding hydrogens is 370 g/mol. The fraction of sp³-hybridized carbons (Fsp3) is 0.235. The van der Waals surface area contributed by atoms with Gasteiger partial charge in [-0.05, 0) is 18.2 Å². The molecule has 0 aliphatic carbocycles. The Kier molecular flexibility index (Phi) is 4.32. The molecule has 2 heterocycles. The van der Waals surface area contributed by atoms with Gasteiger partial charge in [0.2, 0.25) is 0 Å². The topological polar surface area (TPSA) is 106 Å². The van der Waals surface area contributed by atoms with Crippen molar-refractivity contribution in [1.29, 1.82) is 0 Å². The number of benzene rings is 2. The number of non-ortho nitro benzene ring substituents is 2. The number of rotatable bonds is 4. The first-order valence-corrected chi connectivity index (χ1v) is 9.12. The molecule has 3 aromatic rings. The van der Waals surface area contributed by atoms with Crippen LogP contribution in [0.4, 0.5) is 22.2 Å². The molecule has 0 saturated carbocycles. The van der Waals surface area contributed by atoms with Crippen LogP contribution in [-0.2, 0) is 0 Å². The predicted molar refractivity (Wildman–Crippen MR) is 104 cm³/mol. The van der Waals surface area contributed by atoms with Gasteiger partial charge in [-0.2, -0.15) is 0 Å². The molecule has 138 valence electrons. The summed E-state index contributed by atoms with van der Waals surface area (Å²) in [6.45, 7) is 3.07. The van der Waals surface area contributed by atoms with Crippen LogP contribution in [0, 0.1) is 20.2 Å². The van der Waals surface area contributed by atoms with Gasteiger partial charge in [0.25, 0.3) is 11.4 Å². The molecule has 1 aliphatic heterocycles. The molecule has 0 amide bonds. The predicted octanol–water partition coefficient (Wildman–Crippen LogP) is 3.44. The van der Waals surface area contributed by atoms with Gasteiger partial charge in [0.1, 0.15) is 0 Å². The Bertz CT molecular complexity index is 1010. The molecule has 2 aromatic carbocycles. The van der Waals surface area contributed by atoms with E-state index in [-0.39, 0.29) is 11.4 Å². The summed E-state index contributed by atoms with van der Waals surface area (Å²) in [5.41, 5.74) is 1.88. The maximum Gasteiger partial charge on any atom is 0.270 e. The van der Waals surface area contributed by atoms with E-state index in [1.807, 2.05) is 0 Å². The van der Waals surface area contributed by atoms with E-state index in [1.54, 1.807) is 24.3 Å². The van der Waals surface area contributed by atoms with E-state index in [4.69, 9.17) is 0 Å². The van der Waals surface area contributed by atoms with Gasteiger partial charge in [-0.15, -0.1) is 0 Å². The van der Waals surface area contributed by atoms with Gasteiger partial charge < -0.3 is 9.80 Å². The van der Waals surface area contributed by atoms with Crippen molar-refractivity contribution in [2.45, 2.75) is 0 Å². The summed E-state index contributed by atoms with van der Waals surface area (Å²) >= 11 is 1.45. The summed E-state index contributed by atoms with van der Waals surface area (Å²) in [7, 11) is 0. The summed E-state index contributed by atoms with van der Waals surface area (Å²) in [6, 6.07) is 11.3. The van der Waals surface area contributed by atoms with Crippen molar-refractivity contribution >= 4 is 43.7 Å². The average molecular weight is 385 g/mol. The number of nitro groups is 2. The summed E-state index contributed by atoms with van der Waals surface area (Å²) in [5.74, 6) is 0. The second-order valence-corrected chi connectivity index (χ2v) is 7.16. The maximum atomic E-state index is 10.9. The Morgan fingerprint density at radius 1 is 0.852 bits per heavy atom. The zero-order valence-electron chi connectivity index (χ0n) is 14.1. The minimum atomic E-state index is -0.404. The SMILES string of the molecule is O=[N+]([O-])c1ccc(N2CCN(c3nc4ccc([N+](=O)[O-])cc4s3)CC2)cc1. The highest BCUT2D eigenvalue weighted by atomic mass is 32.1. The van der Waals surface area contributed by atoms with E-state index in [1.165, 1.54) is 29.5 Å². The zero-order valence-corrected chi connectivity index (χ0v) is 15.0. The van der Waals surface area contributed by atoms with Crippen LogP contribution in [-0.4, -0.2) is 41.0 Å². The lowest BCUT2D eigenvalue weighted by molar-refractivity contribution is -0.385. The molecule has 1 aliphatic rings. The minimum Gasteiger partial charge on any atom is -0.368 e. The monoisotopic (exact) mass is 385 g/mol. The minimum absolute atomic E-state index is 0.0701. The second kappa shape index (κ2) is 6.80. The van der Waals surface area contributed by atoms with Crippen molar-refractivity contribution in [1.82, 2.24) is 4.98 Å². The number of thiazole rings is 1. The number of hydrogen-bond donors (Lipinski definition) is 0. The van der Waals surface area contributed by atoms with Crippen LogP contribution in [0.2, 0.25) is 0 Å². The van der Waals surface area contributed by atoms with Crippen LogP contribution >= 0.6 is 11.3 Å². The number of piperazine rings is 1. The van der Waals surface area contributed by atoms with Crippen LogP contribution < -0.4 is 9.80 Å². The lowest BCUT2D eigenvalue weighted by atomic mass is 10.2. The fourth-order valence-electron chi connectivity index (χ4n) is 3.09. The van der Waals surface area contributed by atoms with Crippen molar-refractivity contribution in [2.75, 3.05) is 36.0 Å². The largest absolute Gasteiger partial charge is 0.368 e. The van der Waals surface area contributed by atoms with Crippen molar-refractivity contribution in [2.24, 2.45) is 0 Å². The van der Waals surface area contributed by atoms with Crippen molar-refractivity contribution in [3.8, 4) is 0 Å². The quantitative estimate of drug-likeness (QED) is 0.500. The van der Waals surface area contributed by atoms with E-state index < -0.39 is 9.85 Å². The zero-order chi connectivity index (χ0) is 19.0. The molecule has 27 heavy (non-hydrogen) atoms. The van der Waals surface area contributed by atoms with Gasteiger partial charge in [0.05, 0.1) is 20.1 Å². The maximum absolute atomic E-state index is 10.9. The molecule has 0 bridgehead atoms. The molecule has 0 atom stereocenters. The van der Waals surface area contributed by atoms with E-state index in [0.717, 1.165) is 47.2 Å². The number of nitrogens with zero attached hydrogens (tertiary/aromatic N) is 5. The highest BCUT2D eigenvalue weighted by Crippen LogP contribution is 2.32. The molecular formula is C17H15N5O4S. The number of anilines is 2. The van der Waals surface area contributed by atoms with E-state index in [0.29, 0.717) is 0 Å². The van der Waals surface area contributed by atoms with Crippen molar-refractivity contribution in [3.05, 3.63) is 62.7 Å². The Morgan fingerprint density at radius 3 is 2.07 bits per heavy atom. The molecule has 0 radical (unpaired) electrons. The van der Waals surface area contributed by atoms with Crippen molar-refractivity contribution in [3.63, 3.8) is 0 Å². The van der Waals surface area contributed by atoms with E-state index in [2.05, 4.69) is 14.8 Å². The van der Waals surface area contributed by atoms with E-state index >= 15 is 0 Å². The fourth-order valence-corrected chi connectivity index (χ4v) is 4.14. The molecule has 0 unspecified atom stereocenters. The number of aromatic nitrogens is 1. The lowest BCUT2D eigenvalue weighted by Crippen LogP contribution is -2.46. The van der Waals surface area contributed by atoms with Gasteiger partial charge in [-0.1, -0.05) is 11.3 Å². The van der Waals surface area contributed by atoms with Gasteiger partial charge in [0, 0.05) is 56.1 Å². The van der Waals surface area contributed by atoms with Crippen LogP contribution in [0.15, 0.2) is 42.5 Å². The van der Waals surface area contributed by atoms with Gasteiger partial charge in [-0.25, -0.2) is 4.98 Å². The summed E-state index contributed by atoms with van der Waals surface area (Å²) in [5, 5.41) is 22.5. The van der Waals surface area contributed by atoms with Crippen LogP contribution in [0.3, 0.4) is 0 Å². The molecule has 1 aromatic heterocycles. The van der Waals surface area contributed by atoms with Gasteiger partial charge in [-0.3, -0.25) is 20.2 Å². The van der Waals surface area contributed by atoms with Crippen LogP contribution in [0.25, 0.3) is 10.2 Å². The molecule has 4 rings (SSSR count). The highest BCUT2D eigenvalue weighted by Gasteiger charge is 2.21. The molecule has 0 spiro atoms. The molecule has 1 saturated heterocycles. The Morgan fingerprint density at radius 2 is 1.44 bits per heavy atom. The van der Waals surface area contributed by atoms with Gasteiger partial charge in [0.15, 0.2) is 5.13 Å². The first-order chi connectivity index (χ1) is 13.0. The highest BCUT2D eigenvalue weighted by molar-refractivity contribution is 7.22. The Labute approximate surface area is 157 Å². The van der Waals surface area contributed by atoms with Gasteiger partial charge >= 0.3 is 0 Å². The van der Waals surface area contributed by atoms with E-state index in [9.17, 15) is 20.2 Å².